The molecule has 0 fully saturated rings. The Kier molecular flexibility index (Phi) is 8.20. The number of fused-ring (bicyclic) bond motifs is 3. The van der Waals surface area contributed by atoms with E-state index < -0.39 is 0 Å². The first-order chi connectivity index (χ1) is 25.9. The Morgan fingerprint density at radius 1 is 0.377 bits per heavy atom. The van der Waals surface area contributed by atoms with Crippen molar-refractivity contribution in [3.05, 3.63) is 172 Å². The van der Waals surface area contributed by atoms with Crippen LogP contribution >= 0.6 is 0 Å². The zero-order chi connectivity index (χ0) is 36.8. The second kappa shape index (κ2) is 13.2. The minimum Gasteiger partial charge on any atom is -0.307 e. The SMILES string of the molecule is Cc1cccc(C)c1-c1ccc2c(c1)c1cc(-c3c(C)cccc3C)ccc1n2-c1c(C#N)c(-c2ccccc2)c(C#N)c(-c2ccccc2)c1C#N. The predicted molar refractivity (Wildman–Crippen MR) is 216 cm³/mol. The van der Waals surface area contributed by atoms with Crippen LogP contribution in [0.4, 0.5) is 0 Å². The van der Waals surface area contributed by atoms with E-state index in [2.05, 4.69) is 123 Å². The van der Waals surface area contributed by atoms with Gasteiger partial charge in [0.15, 0.2) is 0 Å². The number of nitriles is 3. The quantitative estimate of drug-likeness (QED) is 0.182. The van der Waals surface area contributed by atoms with Gasteiger partial charge in [-0.1, -0.05) is 109 Å². The van der Waals surface area contributed by atoms with E-state index in [-0.39, 0.29) is 11.1 Å². The van der Waals surface area contributed by atoms with Crippen molar-refractivity contribution in [1.82, 2.24) is 4.57 Å². The van der Waals surface area contributed by atoms with Crippen LogP contribution in [0, 0.1) is 61.7 Å². The fraction of sp³-hybridized carbons (Fsp3) is 0.0816. The maximum absolute atomic E-state index is 11.1. The number of aryl methyl sites for hydroxylation is 4. The summed E-state index contributed by atoms with van der Waals surface area (Å²) in [5.74, 6) is 0. The molecule has 1 aromatic heterocycles. The van der Waals surface area contributed by atoms with Crippen LogP contribution in [0.2, 0.25) is 0 Å². The molecule has 0 aliphatic rings. The largest absolute Gasteiger partial charge is 0.307 e. The van der Waals surface area contributed by atoms with Crippen molar-refractivity contribution in [3.8, 4) is 68.4 Å². The molecule has 4 nitrogen and oxygen atoms in total. The molecule has 7 aromatic carbocycles. The summed E-state index contributed by atoms with van der Waals surface area (Å²) in [5, 5.41) is 35.1. The van der Waals surface area contributed by atoms with Gasteiger partial charge < -0.3 is 4.57 Å². The fourth-order valence-corrected chi connectivity index (χ4v) is 8.19. The molecule has 0 saturated carbocycles. The molecular formula is C49H34N4. The highest BCUT2D eigenvalue weighted by Gasteiger charge is 2.29. The van der Waals surface area contributed by atoms with Crippen molar-refractivity contribution in [2.45, 2.75) is 27.7 Å². The number of aromatic nitrogens is 1. The van der Waals surface area contributed by atoms with E-state index in [1.54, 1.807) is 0 Å². The van der Waals surface area contributed by atoms with E-state index in [9.17, 15) is 15.8 Å². The van der Waals surface area contributed by atoms with E-state index in [0.29, 0.717) is 22.4 Å². The lowest BCUT2D eigenvalue weighted by atomic mass is 9.84. The summed E-state index contributed by atoms with van der Waals surface area (Å²) in [6.07, 6.45) is 0. The number of benzene rings is 7. The van der Waals surface area contributed by atoms with Gasteiger partial charge in [0.2, 0.25) is 0 Å². The van der Waals surface area contributed by atoms with Crippen molar-refractivity contribution in [2.24, 2.45) is 0 Å². The van der Waals surface area contributed by atoms with Gasteiger partial charge in [-0.05, 0) is 108 Å². The van der Waals surface area contributed by atoms with Crippen molar-refractivity contribution < 1.29 is 0 Å². The van der Waals surface area contributed by atoms with Gasteiger partial charge in [-0.25, -0.2) is 0 Å². The summed E-state index contributed by atoms with van der Waals surface area (Å²) in [6, 6.07) is 52.2. The molecule has 0 amide bonds. The summed E-state index contributed by atoms with van der Waals surface area (Å²) < 4.78 is 2.07. The monoisotopic (exact) mass is 678 g/mol. The molecule has 0 bridgehead atoms. The Labute approximate surface area is 309 Å². The van der Waals surface area contributed by atoms with Gasteiger partial charge in [0.25, 0.3) is 0 Å². The molecule has 0 N–H and O–H groups in total. The van der Waals surface area contributed by atoms with Crippen molar-refractivity contribution in [3.63, 3.8) is 0 Å². The zero-order valence-corrected chi connectivity index (χ0v) is 30.0. The second-order valence-corrected chi connectivity index (χ2v) is 13.6. The molecule has 1 heterocycles. The Morgan fingerprint density at radius 3 is 1.11 bits per heavy atom. The van der Waals surface area contributed by atoms with Crippen LogP contribution in [0.1, 0.15) is 38.9 Å². The van der Waals surface area contributed by atoms with Crippen molar-refractivity contribution in [2.75, 3.05) is 0 Å². The van der Waals surface area contributed by atoms with Crippen LogP contribution in [0.3, 0.4) is 0 Å². The molecule has 0 radical (unpaired) electrons. The molecule has 0 atom stereocenters. The third kappa shape index (κ3) is 5.27. The molecule has 0 unspecified atom stereocenters. The molecule has 8 rings (SSSR count). The van der Waals surface area contributed by atoms with Crippen LogP contribution in [-0.4, -0.2) is 4.57 Å². The lowest BCUT2D eigenvalue weighted by molar-refractivity contribution is 1.15. The van der Waals surface area contributed by atoms with E-state index in [4.69, 9.17) is 0 Å². The zero-order valence-electron chi connectivity index (χ0n) is 30.0. The Hall–Kier alpha value is -7.19. The minimum absolute atomic E-state index is 0.278. The average molecular weight is 679 g/mol. The smallest absolute Gasteiger partial charge is 0.102 e. The summed E-state index contributed by atoms with van der Waals surface area (Å²) in [5.41, 5.74) is 14.9. The van der Waals surface area contributed by atoms with Gasteiger partial charge in [0.1, 0.15) is 18.2 Å². The van der Waals surface area contributed by atoms with E-state index in [0.717, 1.165) is 44.1 Å². The Bertz CT molecular complexity index is 2660. The summed E-state index contributed by atoms with van der Waals surface area (Å²) in [6.45, 7) is 8.56. The molecule has 0 saturated heterocycles. The van der Waals surface area contributed by atoms with Crippen LogP contribution in [0.25, 0.3) is 72.0 Å². The van der Waals surface area contributed by atoms with Gasteiger partial charge in [-0.2, -0.15) is 15.8 Å². The lowest BCUT2D eigenvalue weighted by Gasteiger charge is -2.21. The van der Waals surface area contributed by atoms with Gasteiger partial charge >= 0.3 is 0 Å². The normalized spacial score (nSPS) is 11.0. The summed E-state index contributed by atoms with van der Waals surface area (Å²) in [4.78, 5) is 0. The fourth-order valence-electron chi connectivity index (χ4n) is 8.19. The number of nitrogens with zero attached hydrogens (tertiary/aromatic N) is 4. The van der Waals surface area contributed by atoms with Crippen LogP contribution < -0.4 is 0 Å². The Balaban J connectivity index is 1.58. The summed E-state index contributed by atoms with van der Waals surface area (Å²) >= 11 is 0. The van der Waals surface area contributed by atoms with Gasteiger partial charge in [0, 0.05) is 21.9 Å². The average Bonchev–Trinajstić information content (AvgIpc) is 3.49. The third-order valence-electron chi connectivity index (χ3n) is 10.5. The maximum atomic E-state index is 11.1. The second-order valence-electron chi connectivity index (χ2n) is 13.6. The summed E-state index contributed by atoms with van der Waals surface area (Å²) in [7, 11) is 0. The molecular weight excluding hydrogens is 645 g/mol. The first-order valence-corrected chi connectivity index (χ1v) is 17.6. The molecule has 0 aliphatic carbocycles. The van der Waals surface area contributed by atoms with Gasteiger partial charge in [0.05, 0.1) is 33.4 Å². The highest BCUT2D eigenvalue weighted by atomic mass is 15.0. The first kappa shape index (κ1) is 33.0. The topological polar surface area (TPSA) is 76.3 Å². The van der Waals surface area contributed by atoms with Gasteiger partial charge in [-0.3, -0.25) is 0 Å². The van der Waals surface area contributed by atoms with Crippen LogP contribution in [-0.2, 0) is 0 Å². The number of hydrogen-bond acceptors (Lipinski definition) is 3. The van der Waals surface area contributed by atoms with E-state index >= 15 is 0 Å². The minimum atomic E-state index is 0.278. The van der Waals surface area contributed by atoms with E-state index in [1.165, 1.54) is 33.4 Å². The number of hydrogen-bond donors (Lipinski definition) is 0. The molecule has 8 aromatic rings. The highest BCUT2D eigenvalue weighted by molar-refractivity contribution is 6.13. The Morgan fingerprint density at radius 2 is 0.755 bits per heavy atom. The maximum Gasteiger partial charge on any atom is 0.102 e. The van der Waals surface area contributed by atoms with Crippen LogP contribution in [0.15, 0.2) is 133 Å². The van der Waals surface area contributed by atoms with Crippen molar-refractivity contribution in [1.29, 1.82) is 15.8 Å². The van der Waals surface area contributed by atoms with Gasteiger partial charge in [-0.15, -0.1) is 0 Å². The standard InChI is InChI=1S/C49H34N4/c1-30-13-11-14-31(2)45(30)36-21-23-43-38(25-36)39-26-37(46-32(3)15-12-16-33(46)4)22-24-44(39)53(43)49-41(28-51)47(34-17-7-5-8-18-34)40(27-50)48(42(49)29-52)35-19-9-6-10-20-35/h5-26H,1-4H3. The number of rotatable bonds is 5. The highest BCUT2D eigenvalue weighted by Crippen LogP contribution is 2.46. The van der Waals surface area contributed by atoms with Crippen molar-refractivity contribution >= 4 is 21.8 Å². The third-order valence-corrected chi connectivity index (χ3v) is 10.5. The molecule has 0 aliphatic heterocycles. The lowest BCUT2D eigenvalue weighted by Crippen LogP contribution is -2.08. The molecule has 0 spiro atoms. The molecule has 4 heteroatoms. The molecule has 53 heavy (non-hydrogen) atoms. The first-order valence-electron chi connectivity index (χ1n) is 17.6. The van der Waals surface area contributed by atoms with Crippen LogP contribution in [0.5, 0.6) is 0 Å². The predicted octanol–water partition coefficient (Wildman–Crippen LogP) is 12.3. The molecule has 250 valence electrons. The van der Waals surface area contributed by atoms with E-state index in [1.807, 2.05) is 60.7 Å².